The largest absolute Gasteiger partial charge is 0.467 e. The number of esters is 1. The molecule has 5 nitrogen and oxygen atoms in total. The Balaban J connectivity index is 1.53. The first-order valence-electron chi connectivity index (χ1n) is 10.1. The maximum atomic E-state index is 13.3. The Morgan fingerprint density at radius 1 is 0.903 bits per heavy atom. The molecule has 0 saturated heterocycles. The minimum atomic E-state index is -1.27. The van der Waals surface area contributed by atoms with Gasteiger partial charge in [-0.3, -0.25) is 9.00 Å². The van der Waals surface area contributed by atoms with Crippen LogP contribution < -0.4 is 5.32 Å². The molecule has 2 atom stereocenters. The molecule has 0 aromatic heterocycles. The average molecular weight is 434 g/mol. The van der Waals surface area contributed by atoms with Crippen molar-refractivity contribution < 1.29 is 18.5 Å². The van der Waals surface area contributed by atoms with Gasteiger partial charge in [0.1, 0.15) is 6.04 Å². The van der Waals surface area contributed by atoms with E-state index in [1.165, 1.54) is 7.11 Å². The van der Waals surface area contributed by atoms with Crippen LogP contribution in [0.15, 0.2) is 83.8 Å². The standard InChI is InChI=1S/C25H23NO4S/c1-30-25(28)22(15-16-31(29)17-9-3-2-4-10-17)26-24(27)23-20-13-7-5-11-18(20)19-12-6-8-14-21(19)23/h2-14,22-23H,15-16H2,1H3,(H,26,27)/t22-,31-/m1/s1. The topological polar surface area (TPSA) is 72.5 Å². The molecule has 0 bridgehead atoms. The van der Waals surface area contributed by atoms with Crippen LogP contribution in [0, 0.1) is 0 Å². The van der Waals surface area contributed by atoms with Crippen molar-refractivity contribution in [3.8, 4) is 11.1 Å². The van der Waals surface area contributed by atoms with E-state index in [0.717, 1.165) is 22.3 Å². The summed E-state index contributed by atoms with van der Waals surface area (Å²) < 4.78 is 17.5. The molecule has 6 heteroatoms. The van der Waals surface area contributed by atoms with E-state index in [9.17, 15) is 13.8 Å². The summed E-state index contributed by atoms with van der Waals surface area (Å²) in [6, 6.07) is 23.8. The number of rotatable bonds is 7. The number of amides is 1. The SMILES string of the molecule is COC(=O)[C@@H](CC[S@@](=O)c1ccccc1)NC(=O)C1c2ccccc2-c2ccccc21. The lowest BCUT2D eigenvalue weighted by Crippen LogP contribution is -2.44. The van der Waals surface area contributed by atoms with Crippen molar-refractivity contribution in [2.45, 2.75) is 23.3 Å². The van der Waals surface area contributed by atoms with Crippen LogP contribution in [0.25, 0.3) is 11.1 Å². The Morgan fingerprint density at radius 3 is 2.03 bits per heavy atom. The maximum Gasteiger partial charge on any atom is 0.328 e. The summed E-state index contributed by atoms with van der Waals surface area (Å²) in [4.78, 5) is 26.4. The maximum absolute atomic E-state index is 13.3. The molecule has 0 saturated carbocycles. The fourth-order valence-corrected chi connectivity index (χ4v) is 5.15. The first kappa shape index (κ1) is 21.0. The summed E-state index contributed by atoms with van der Waals surface area (Å²) in [5.41, 5.74) is 3.88. The molecule has 0 spiro atoms. The third kappa shape index (κ3) is 4.30. The molecule has 0 heterocycles. The van der Waals surface area contributed by atoms with Crippen molar-refractivity contribution in [1.82, 2.24) is 5.32 Å². The van der Waals surface area contributed by atoms with E-state index in [1.54, 1.807) is 12.1 Å². The molecule has 0 aliphatic heterocycles. The van der Waals surface area contributed by atoms with Crippen LogP contribution in [0.1, 0.15) is 23.5 Å². The monoisotopic (exact) mass is 433 g/mol. The highest BCUT2D eigenvalue weighted by Gasteiger charge is 2.35. The second-order valence-corrected chi connectivity index (χ2v) is 8.91. The van der Waals surface area contributed by atoms with Gasteiger partial charge in [-0.1, -0.05) is 66.7 Å². The smallest absolute Gasteiger partial charge is 0.328 e. The molecule has 0 unspecified atom stereocenters. The van der Waals surface area contributed by atoms with E-state index >= 15 is 0 Å². The van der Waals surface area contributed by atoms with Gasteiger partial charge in [-0.05, 0) is 40.8 Å². The van der Waals surface area contributed by atoms with E-state index < -0.39 is 28.7 Å². The van der Waals surface area contributed by atoms with Gasteiger partial charge in [-0.15, -0.1) is 0 Å². The highest BCUT2D eigenvalue weighted by molar-refractivity contribution is 7.85. The summed E-state index contributed by atoms with van der Waals surface area (Å²) in [7, 11) is 0.0167. The van der Waals surface area contributed by atoms with Gasteiger partial charge in [0.05, 0.1) is 23.8 Å². The quantitative estimate of drug-likeness (QED) is 0.578. The Bertz CT molecular complexity index is 1080. The lowest BCUT2D eigenvalue weighted by molar-refractivity contribution is -0.145. The van der Waals surface area contributed by atoms with Crippen LogP contribution in [0.3, 0.4) is 0 Å². The molecule has 3 aromatic carbocycles. The number of nitrogens with one attached hydrogen (secondary N) is 1. The number of carbonyl (C=O) groups is 2. The minimum Gasteiger partial charge on any atom is -0.467 e. The Labute approximate surface area is 183 Å². The van der Waals surface area contributed by atoms with Crippen LogP contribution >= 0.6 is 0 Å². The third-order valence-corrected chi connectivity index (χ3v) is 6.90. The fraction of sp³-hybridized carbons (Fsp3) is 0.200. The minimum absolute atomic E-state index is 0.218. The number of fused-ring (bicyclic) bond motifs is 3. The molecule has 1 amide bonds. The molecule has 0 radical (unpaired) electrons. The van der Waals surface area contributed by atoms with Crippen molar-refractivity contribution in [2.75, 3.05) is 12.9 Å². The van der Waals surface area contributed by atoms with Crippen LogP contribution in [-0.2, 0) is 25.1 Å². The van der Waals surface area contributed by atoms with Crippen LogP contribution in [0.5, 0.6) is 0 Å². The summed E-state index contributed by atoms with van der Waals surface area (Å²) >= 11 is 0. The zero-order valence-electron chi connectivity index (χ0n) is 17.1. The molecule has 0 fully saturated rings. The highest BCUT2D eigenvalue weighted by Crippen LogP contribution is 2.44. The lowest BCUT2D eigenvalue weighted by Gasteiger charge is -2.20. The molecule has 158 valence electrons. The van der Waals surface area contributed by atoms with Gasteiger partial charge in [-0.25, -0.2) is 4.79 Å². The van der Waals surface area contributed by atoms with E-state index in [2.05, 4.69) is 5.32 Å². The van der Waals surface area contributed by atoms with Crippen molar-refractivity contribution in [1.29, 1.82) is 0 Å². The predicted molar refractivity (Wildman–Crippen MR) is 120 cm³/mol. The van der Waals surface area contributed by atoms with E-state index in [0.29, 0.717) is 4.90 Å². The van der Waals surface area contributed by atoms with Gasteiger partial charge in [0.15, 0.2) is 0 Å². The lowest BCUT2D eigenvalue weighted by atomic mass is 9.95. The number of methoxy groups -OCH3 is 1. The predicted octanol–water partition coefficient (Wildman–Crippen LogP) is 3.65. The summed E-state index contributed by atoms with van der Waals surface area (Å²) in [6.45, 7) is 0. The summed E-state index contributed by atoms with van der Waals surface area (Å²) in [6.07, 6.45) is 0.218. The molecular formula is C25H23NO4S. The summed E-state index contributed by atoms with van der Waals surface area (Å²) in [5.74, 6) is -1.07. The molecule has 3 aromatic rings. The zero-order valence-corrected chi connectivity index (χ0v) is 17.9. The number of hydrogen-bond acceptors (Lipinski definition) is 4. The Morgan fingerprint density at radius 2 is 1.45 bits per heavy atom. The Hall–Kier alpha value is -3.25. The average Bonchev–Trinajstić information content (AvgIpc) is 3.16. The van der Waals surface area contributed by atoms with E-state index in [1.807, 2.05) is 66.7 Å². The zero-order chi connectivity index (χ0) is 21.8. The van der Waals surface area contributed by atoms with Crippen LogP contribution in [0.2, 0.25) is 0 Å². The van der Waals surface area contributed by atoms with Crippen molar-refractivity contribution in [3.63, 3.8) is 0 Å². The van der Waals surface area contributed by atoms with Gasteiger partial charge in [-0.2, -0.15) is 0 Å². The van der Waals surface area contributed by atoms with Crippen LogP contribution in [-0.4, -0.2) is 35.0 Å². The number of ether oxygens (including phenoxy) is 1. The second kappa shape index (κ2) is 9.27. The van der Waals surface area contributed by atoms with Gasteiger partial charge in [0.2, 0.25) is 5.91 Å². The normalized spacial score (nSPS) is 14.2. The molecule has 1 N–H and O–H groups in total. The molecule has 31 heavy (non-hydrogen) atoms. The second-order valence-electron chi connectivity index (χ2n) is 7.34. The van der Waals surface area contributed by atoms with Crippen LogP contribution in [0.4, 0.5) is 0 Å². The van der Waals surface area contributed by atoms with Gasteiger partial charge in [0, 0.05) is 10.6 Å². The van der Waals surface area contributed by atoms with E-state index in [-0.39, 0.29) is 18.1 Å². The first-order chi connectivity index (χ1) is 15.1. The van der Waals surface area contributed by atoms with E-state index in [4.69, 9.17) is 4.74 Å². The van der Waals surface area contributed by atoms with Gasteiger partial charge in [0.25, 0.3) is 0 Å². The highest BCUT2D eigenvalue weighted by atomic mass is 32.2. The fourth-order valence-electron chi connectivity index (χ4n) is 4.00. The third-order valence-electron chi connectivity index (χ3n) is 5.50. The molecular weight excluding hydrogens is 410 g/mol. The van der Waals surface area contributed by atoms with Crippen molar-refractivity contribution in [3.05, 3.63) is 90.0 Å². The number of benzene rings is 3. The van der Waals surface area contributed by atoms with Gasteiger partial charge < -0.3 is 10.1 Å². The Kier molecular flexibility index (Phi) is 6.28. The number of hydrogen-bond donors (Lipinski definition) is 1. The van der Waals surface area contributed by atoms with Crippen molar-refractivity contribution >= 4 is 22.7 Å². The molecule has 4 rings (SSSR count). The molecule has 1 aliphatic carbocycles. The van der Waals surface area contributed by atoms with Crippen molar-refractivity contribution in [2.24, 2.45) is 0 Å². The number of carbonyl (C=O) groups excluding carboxylic acids is 2. The summed E-state index contributed by atoms with van der Waals surface area (Å²) in [5, 5.41) is 2.85. The molecule has 1 aliphatic rings. The van der Waals surface area contributed by atoms with Gasteiger partial charge >= 0.3 is 5.97 Å². The first-order valence-corrected chi connectivity index (χ1v) is 11.4.